The molecule has 1 aliphatic heterocycles. The van der Waals surface area contributed by atoms with Gasteiger partial charge in [0, 0.05) is 12.1 Å². The van der Waals surface area contributed by atoms with Crippen molar-refractivity contribution in [1.29, 1.82) is 0 Å². The van der Waals surface area contributed by atoms with Crippen molar-refractivity contribution in [3.05, 3.63) is 101 Å². The molecule has 1 heterocycles. The van der Waals surface area contributed by atoms with Crippen molar-refractivity contribution in [2.75, 3.05) is 0 Å². The summed E-state index contributed by atoms with van der Waals surface area (Å²) in [6.45, 7) is 0.0878. The van der Waals surface area contributed by atoms with Crippen LogP contribution < -0.4 is 10.5 Å². The highest BCUT2D eigenvalue weighted by molar-refractivity contribution is 7.89. The third-order valence-corrected chi connectivity index (χ3v) is 6.57. The first-order valence-electron chi connectivity index (χ1n) is 9.69. The van der Waals surface area contributed by atoms with Crippen LogP contribution in [-0.4, -0.2) is 31.0 Å². The van der Waals surface area contributed by atoms with Crippen LogP contribution in [0.2, 0.25) is 0 Å². The Hall–Kier alpha value is -3.82. The average molecular weight is 449 g/mol. The lowest BCUT2D eigenvalue weighted by Crippen LogP contribution is -2.29. The second-order valence-electron chi connectivity index (χ2n) is 7.27. The van der Waals surface area contributed by atoms with Gasteiger partial charge in [0.05, 0.1) is 22.6 Å². The summed E-state index contributed by atoms with van der Waals surface area (Å²) >= 11 is 0. The minimum absolute atomic E-state index is 0.0398. The van der Waals surface area contributed by atoms with E-state index in [0.29, 0.717) is 27.8 Å². The highest BCUT2D eigenvalue weighted by atomic mass is 32.2. The standard InChI is InChI=1S/C23H19N3O5S/c24-21(27)17-9-5-15(6-10-17)13-25-32(30,31)18-11-7-16(8-12-18)14-26-22(28)19-3-1-2-4-20(19)23(26)29/h1-12,25H,13-14H2,(H2,24,27). The van der Waals surface area contributed by atoms with Gasteiger partial charge in [0.2, 0.25) is 15.9 Å². The van der Waals surface area contributed by atoms with Crippen LogP contribution in [0.15, 0.2) is 77.7 Å². The van der Waals surface area contributed by atoms with Crippen molar-refractivity contribution >= 4 is 27.7 Å². The van der Waals surface area contributed by atoms with E-state index in [-0.39, 0.29) is 29.8 Å². The lowest BCUT2D eigenvalue weighted by atomic mass is 10.1. The molecule has 3 amide bonds. The molecule has 0 bridgehead atoms. The van der Waals surface area contributed by atoms with E-state index in [9.17, 15) is 22.8 Å². The van der Waals surface area contributed by atoms with Crippen molar-refractivity contribution in [3.63, 3.8) is 0 Å². The Balaban J connectivity index is 1.42. The van der Waals surface area contributed by atoms with E-state index < -0.39 is 15.9 Å². The lowest BCUT2D eigenvalue weighted by molar-refractivity contribution is 0.0642. The number of hydrogen-bond acceptors (Lipinski definition) is 5. The molecule has 3 aromatic rings. The molecule has 0 unspecified atom stereocenters. The third kappa shape index (κ3) is 4.16. The van der Waals surface area contributed by atoms with Gasteiger partial charge in [0.25, 0.3) is 11.8 Å². The third-order valence-electron chi connectivity index (χ3n) is 5.16. The predicted octanol–water partition coefficient (Wildman–Crippen LogP) is 2.06. The maximum absolute atomic E-state index is 12.6. The number of imide groups is 1. The number of benzene rings is 3. The van der Waals surface area contributed by atoms with Gasteiger partial charge < -0.3 is 5.73 Å². The van der Waals surface area contributed by atoms with Crippen LogP contribution >= 0.6 is 0 Å². The molecule has 0 fully saturated rings. The zero-order chi connectivity index (χ0) is 22.9. The van der Waals surface area contributed by atoms with Gasteiger partial charge in [0.15, 0.2) is 0 Å². The summed E-state index contributed by atoms with van der Waals surface area (Å²) in [5.74, 6) is -1.30. The van der Waals surface area contributed by atoms with E-state index >= 15 is 0 Å². The van der Waals surface area contributed by atoms with Crippen LogP contribution in [0.1, 0.15) is 42.2 Å². The van der Waals surface area contributed by atoms with E-state index in [4.69, 9.17) is 5.73 Å². The van der Waals surface area contributed by atoms with Gasteiger partial charge in [-0.05, 0) is 47.5 Å². The fourth-order valence-corrected chi connectivity index (χ4v) is 4.41. The van der Waals surface area contributed by atoms with E-state index in [1.807, 2.05) is 0 Å². The molecule has 0 aliphatic carbocycles. The van der Waals surface area contributed by atoms with Crippen molar-refractivity contribution in [2.24, 2.45) is 5.73 Å². The summed E-state index contributed by atoms with van der Waals surface area (Å²) in [6, 6.07) is 18.9. The second-order valence-corrected chi connectivity index (χ2v) is 9.04. The number of nitrogens with two attached hydrogens (primary N) is 1. The number of amides is 3. The Labute approximate surface area is 184 Å². The number of rotatable bonds is 7. The Kier molecular flexibility index (Phi) is 5.60. The molecule has 32 heavy (non-hydrogen) atoms. The molecule has 8 nitrogen and oxygen atoms in total. The van der Waals surface area contributed by atoms with E-state index in [2.05, 4.69) is 4.72 Å². The molecule has 3 N–H and O–H groups in total. The number of hydrogen-bond donors (Lipinski definition) is 2. The first-order chi connectivity index (χ1) is 15.3. The monoisotopic (exact) mass is 449 g/mol. The van der Waals surface area contributed by atoms with E-state index in [1.54, 1.807) is 48.5 Å². The maximum Gasteiger partial charge on any atom is 0.261 e. The smallest absolute Gasteiger partial charge is 0.261 e. The molecule has 0 atom stereocenters. The van der Waals surface area contributed by atoms with Gasteiger partial charge in [-0.1, -0.05) is 36.4 Å². The average Bonchev–Trinajstić information content (AvgIpc) is 3.03. The molecular weight excluding hydrogens is 430 g/mol. The minimum Gasteiger partial charge on any atom is -0.366 e. The summed E-state index contributed by atoms with van der Waals surface area (Å²) < 4.78 is 27.7. The number of carbonyl (C=O) groups is 3. The molecule has 0 radical (unpaired) electrons. The Morgan fingerprint density at radius 1 is 0.812 bits per heavy atom. The van der Waals surface area contributed by atoms with Crippen molar-refractivity contribution in [2.45, 2.75) is 18.0 Å². The molecule has 1 aliphatic rings. The van der Waals surface area contributed by atoms with Crippen LogP contribution in [0.3, 0.4) is 0 Å². The fraction of sp³-hybridized carbons (Fsp3) is 0.0870. The lowest BCUT2D eigenvalue weighted by Gasteiger charge is -2.14. The number of sulfonamides is 1. The number of primary amides is 1. The summed E-state index contributed by atoms with van der Waals surface area (Å²) in [6.07, 6.45) is 0. The van der Waals surface area contributed by atoms with E-state index in [0.717, 1.165) is 4.90 Å². The summed E-state index contributed by atoms with van der Waals surface area (Å²) in [5.41, 5.74) is 7.56. The number of nitrogens with zero attached hydrogens (tertiary/aromatic N) is 1. The summed E-state index contributed by atoms with van der Waals surface area (Å²) in [5, 5.41) is 0. The van der Waals surface area contributed by atoms with Gasteiger partial charge in [-0.25, -0.2) is 13.1 Å². The molecule has 162 valence electrons. The fourth-order valence-electron chi connectivity index (χ4n) is 3.39. The van der Waals surface area contributed by atoms with Crippen molar-refractivity contribution in [3.8, 4) is 0 Å². The first-order valence-corrected chi connectivity index (χ1v) is 11.2. The molecule has 9 heteroatoms. The van der Waals surface area contributed by atoms with Gasteiger partial charge in [-0.15, -0.1) is 0 Å². The quantitative estimate of drug-likeness (QED) is 0.534. The first kappa shape index (κ1) is 21.4. The maximum atomic E-state index is 12.6. The second kappa shape index (κ2) is 8.37. The Morgan fingerprint density at radius 3 is 1.88 bits per heavy atom. The minimum atomic E-state index is -3.78. The van der Waals surface area contributed by atoms with Gasteiger partial charge >= 0.3 is 0 Å². The van der Waals surface area contributed by atoms with Gasteiger partial charge in [0.1, 0.15) is 0 Å². The molecule has 3 aromatic carbocycles. The van der Waals surface area contributed by atoms with Crippen molar-refractivity contribution in [1.82, 2.24) is 9.62 Å². The topological polar surface area (TPSA) is 127 Å². The van der Waals surface area contributed by atoms with Crippen LogP contribution in [-0.2, 0) is 23.1 Å². The highest BCUT2D eigenvalue weighted by Crippen LogP contribution is 2.24. The number of fused-ring (bicyclic) bond motifs is 1. The largest absolute Gasteiger partial charge is 0.366 e. The van der Waals surface area contributed by atoms with E-state index in [1.165, 1.54) is 24.3 Å². The molecule has 0 saturated heterocycles. The summed E-state index contributed by atoms with van der Waals surface area (Å²) in [4.78, 5) is 37.3. The number of carbonyl (C=O) groups excluding carboxylic acids is 3. The summed E-state index contributed by atoms with van der Waals surface area (Å²) in [7, 11) is -3.78. The van der Waals surface area contributed by atoms with Crippen LogP contribution in [0.25, 0.3) is 0 Å². The van der Waals surface area contributed by atoms with Gasteiger partial charge in [-0.3, -0.25) is 19.3 Å². The zero-order valence-corrected chi connectivity index (χ0v) is 17.6. The Bertz CT molecular complexity index is 1280. The van der Waals surface area contributed by atoms with Gasteiger partial charge in [-0.2, -0.15) is 0 Å². The van der Waals surface area contributed by atoms with Crippen LogP contribution in [0, 0.1) is 0 Å². The van der Waals surface area contributed by atoms with Crippen molar-refractivity contribution < 1.29 is 22.8 Å². The van der Waals surface area contributed by atoms with Crippen LogP contribution in [0.5, 0.6) is 0 Å². The molecular formula is C23H19N3O5S. The predicted molar refractivity (Wildman–Crippen MR) is 116 cm³/mol. The molecule has 0 saturated carbocycles. The molecule has 0 spiro atoms. The van der Waals surface area contributed by atoms with Crippen LogP contribution in [0.4, 0.5) is 0 Å². The zero-order valence-electron chi connectivity index (χ0n) is 16.8. The molecule has 4 rings (SSSR count). The number of nitrogens with one attached hydrogen (secondary N) is 1. The SMILES string of the molecule is NC(=O)c1ccc(CNS(=O)(=O)c2ccc(CN3C(=O)c4ccccc4C3=O)cc2)cc1. The highest BCUT2D eigenvalue weighted by Gasteiger charge is 2.34. The Morgan fingerprint density at radius 2 is 1.34 bits per heavy atom. The normalized spacial score (nSPS) is 13.3. The molecule has 0 aromatic heterocycles.